The normalized spacial score (nSPS) is 12.3. The van der Waals surface area contributed by atoms with Crippen LogP contribution in [0.3, 0.4) is 0 Å². The van der Waals surface area contributed by atoms with Gasteiger partial charge in [-0.15, -0.1) is 11.3 Å². The third-order valence-electron chi connectivity index (χ3n) is 14.1. The second-order valence-electron chi connectivity index (χ2n) is 20.6. The molecule has 10 aromatic rings. The van der Waals surface area contributed by atoms with Crippen molar-refractivity contribution < 1.29 is 50.6 Å². The summed E-state index contributed by atoms with van der Waals surface area (Å²) in [6, 6.07) is 7.88. The number of thiazole rings is 1. The number of benzene rings is 1. The molecule has 484 valence electrons. The number of nitrogen functional groups attached to an aromatic ring is 1. The van der Waals surface area contributed by atoms with Crippen LogP contribution < -0.4 is 20.3 Å². The van der Waals surface area contributed by atoms with E-state index in [1.165, 1.54) is 64.2 Å². The molecule has 2 fully saturated rings. The molecule has 11 heterocycles. The van der Waals surface area contributed by atoms with Crippen LogP contribution in [0.1, 0.15) is 124 Å². The minimum atomic E-state index is -0.499. The fourth-order valence-corrected chi connectivity index (χ4v) is 9.79. The number of methoxy groups -OCH3 is 2. The van der Waals surface area contributed by atoms with Crippen molar-refractivity contribution in [2.75, 3.05) is 55.9 Å². The van der Waals surface area contributed by atoms with Gasteiger partial charge in [-0.3, -0.25) is 10.1 Å². The van der Waals surface area contributed by atoms with Gasteiger partial charge in [-0.05, 0) is 185 Å². The first-order valence-corrected chi connectivity index (χ1v) is 31.0. The van der Waals surface area contributed by atoms with Gasteiger partial charge in [0, 0.05) is 67.8 Å². The van der Waals surface area contributed by atoms with Crippen LogP contribution in [0.4, 0.5) is 29.0 Å². The predicted molar refractivity (Wildman–Crippen MR) is 347 cm³/mol. The number of aryl methyl sites for hydroxylation is 11. The highest BCUT2D eigenvalue weighted by molar-refractivity contribution is 9.11. The molecular formula is C61H78Br2N14O12S. The first-order chi connectivity index (χ1) is 42.9. The predicted octanol–water partition coefficient (Wildman–Crippen LogP) is 16.2. The standard InChI is InChI=1S/C15H14N2O2S.C10H16N2O.C9H13BrN2O.C7H11NO2.C6H9NO.C5H6N2O3.C5H4N2O.C4H5BrN2O/c1-9-14(10(2)19-17-9)15-16-13(8-20-15)11-4-6-12(18-3)7-5-11;1-8-9(2)11-13-10(8)12-6-4-3-5-7-12;1-7-8(10)9(13-11-7)12-5-3-2-4-6-12;1-5-6(2)8-10-7(5)4-9-3;1-4-5(2)7-8-6(4)3;1-3-5(7(8)9)4(2)10-6-3;1-4-5(6-2)3-8-7-4;1-2-3(5)4(6)8-7-2/h4-8H,1-3H3;3-7H2,1-2H3;2-6H2,1H3;4H2,1-3H3;1-3H3;1-2H3;3H,1H3;6H2,1H3. The zero-order valence-electron chi connectivity index (χ0n) is 53.7. The Morgan fingerprint density at radius 3 is 1.48 bits per heavy atom. The molecule has 0 amide bonds. The Bertz CT molecular complexity index is 3650. The smallest absolute Gasteiger partial charge is 0.334 e. The molecule has 2 saturated heterocycles. The maximum Gasteiger partial charge on any atom is 0.334 e. The molecule has 0 atom stereocenters. The number of nitrogens with zero attached hydrogens (tertiary/aromatic N) is 13. The van der Waals surface area contributed by atoms with Crippen LogP contribution in [0.5, 0.6) is 5.75 Å². The van der Waals surface area contributed by atoms with Crippen LogP contribution in [0.2, 0.25) is 0 Å². The number of rotatable bonds is 8. The fraction of sp³-hybridized carbons (Fsp3) is 0.443. The molecule has 0 bridgehead atoms. The fourth-order valence-electron chi connectivity index (χ4n) is 8.27. The lowest BCUT2D eigenvalue weighted by Crippen LogP contribution is -2.29. The molecule has 0 radical (unpaired) electrons. The van der Waals surface area contributed by atoms with Gasteiger partial charge in [0.25, 0.3) is 0 Å². The highest BCUT2D eigenvalue weighted by atomic mass is 79.9. The Morgan fingerprint density at radius 2 is 1.11 bits per heavy atom. The number of piperidine rings is 2. The molecule has 0 aliphatic carbocycles. The van der Waals surface area contributed by atoms with E-state index in [1.807, 2.05) is 98.9 Å². The van der Waals surface area contributed by atoms with Crippen molar-refractivity contribution in [2.45, 2.75) is 142 Å². The zero-order chi connectivity index (χ0) is 66.2. The number of hydrogen-bond acceptors (Lipinski definition) is 25. The molecule has 0 saturated carbocycles. The van der Waals surface area contributed by atoms with Gasteiger partial charge >= 0.3 is 5.69 Å². The van der Waals surface area contributed by atoms with Crippen molar-refractivity contribution in [3.05, 3.63) is 152 Å². The van der Waals surface area contributed by atoms with Crippen LogP contribution in [0.25, 0.3) is 26.7 Å². The average Bonchev–Trinajstić information content (AvgIpc) is 2.06. The van der Waals surface area contributed by atoms with E-state index >= 15 is 0 Å². The van der Waals surface area contributed by atoms with Gasteiger partial charge in [-0.2, -0.15) is 0 Å². The second-order valence-corrected chi connectivity index (χ2v) is 23.1. The molecule has 26 nitrogen and oxygen atoms in total. The van der Waals surface area contributed by atoms with Crippen molar-refractivity contribution in [3.8, 4) is 27.6 Å². The van der Waals surface area contributed by atoms with E-state index in [2.05, 4.69) is 113 Å². The summed E-state index contributed by atoms with van der Waals surface area (Å²) in [4.78, 5) is 22.1. The lowest BCUT2D eigenvalue weighted by atomic mass is 10.1. The van der Waals surface area contributed by atoms with Crippen LogP contribution in [0, 0.1) is 114 Å². The number of nitro groups is 1. The van der Waals surface area contributed by atoms with Gasteiger partial charge in [0.2, 0.25) is 29.1 Å². The Morgan fingerprint density at radius 1 is 0.600 bits per heavy atom. The minimum absolute atomic E-state index is 0.0278. The summed E-state index contributed by atoms with van der Waals surface area (Å²) in [5.41, 5.74) is 18.7. The van der Waals surface area contributed by atoms with Gasteiger partial charge < -0.3 is 61.2 Å². The number of anilines is 3. The van der Waals surface area contributed by atoms with Crippen molar-refractivity contribution >= 4 is 72.2 Å². The lowest BCUT2D eigenvalue weighted by Gasteiger charge is -2.26. The first kappa shape index (κ1) is 72.3. The van der Waals surface area contributed by atoms with E-state index < -0.39 is 4.92 Å². The molecule has 1 aromatic carbocycles. The molecule has 0 spiro atoms. The topological polar surface area (TPSA) is 320 Å². The molecule has 2 N–H and O–H groups in total. The first-order valence-electron chi connectivity index (χ1n) is 28.5. The van der Waals surface area contributed by atoms with Crippen LogP contribution >= 0.6 is 43.2 Å². The number of nitrogens with two attached hydrogens (primary N) is 1. The van der Waals surface area contributed by atoms with Gasteiger partial charge in [0.1, 0.15) is 44.1 Å². The van der Waals surface area contributed by atoms with E-state index in [-0.39, 0.29) is 11.4 Å². The molecule has 9 aromatic heterocycles. The van der Waals surface area contributed by atoms with Crippen LogP contribution in [-0.2, 0) is 11.3 Å². The highest BCUT2D eigenvalue weighted by Gasteiger charge is 2.22. The number of ether oxygens (including phenoxy) is 2. The van der Waals surface area contributed by atoms with Gasteiger partial charge in [-0.25, -0.2) is 9.83 Å². The Hall–Kier alpha value is -8.46. The Balaban J connectivity index is 0.000000191. The average molecular weight is 1390 g/mol. The summed E-state index contributed by atoms with van der Waals surface area (Å²) in [6.45, 7) is 37.6. The Labute approximate surface area is 543 Å². The maximum absolute atomic E-state index is 10.2. The third kappa shape index (κ3) is 20.5. The maximum atomic E-state index is 10.2. The number of hydrogen-bond donors (Lipinski definition) is 1. The molecule has 0 unspecified atom stereocenters. The third-order valence-corrected chi connectivity index (χ3v) is 16.8. The van der Waals surface area contributed by atoms with E-state index in [4.69, 9.17) is 44.4 Å². The quantitative estimate of drug-likeness (QED) is 0.0839. The summed E-state index contributed by atoms with van der Waals surface area (Å²) in [5.74, 6) is 5.86. The molecule has 90 heavy (non-hydrogen) atoms. The van der Waals surface area contributed by atoms with Crippen molar-refractivity contribution in [1.82, 2.24) is 46.2 Å². The summed E-state index contributed by atoms with van der Waals surface area (Å²) >= 11 is 8.25. The number of halogens is 2. The van der Waals surface area contributed by atoms with Crippen molar-refractivity contribution in [1.29, 1.82) is 0 Å². The van der Waals surface area contributed by atoms with Crippen molar-refractivity contribution in [2.24, 2.45) is 0 Å². The lowest BCUT2D eigenvalue weighted by molar-refractivity contribution is -0.386. The summed E-state index contributed by atoms with van der Waals surface area (Å²) in [5, 5.41) is 43.1. The Kier molecular flexibility index (Phi) is 28.6. The monoisotopic (exact) mass is 1390 g/mol. The van der Waals surface area contributed by atoms with Crippen LogP contribution in [0.15, 0.2) is 81.0 Å². The van der Waals surface area contributed by atoms with E-state index in [0.29, 0.717) is 29.6 Å². The van der Waals surface area contributed by atoms with E-state index in [1.54, 1.807) is 32.5 Å². The zero-order valence-corrected chi connectivity index (χ0v) is 57.7. The van der Waals surface area contributed by atoms with Gasteiger partial charge in [-0.1, -0.05) is 41.3 Å². The van der Waals surface area contributed by atoms with Crippen molar-refractivity contribution in [3.63, 3.8) is 0 Å². The molecule has 2 aliphatic heterocycles. The van der Waals surface area contributed by atoms with E-state index in [0.717, 1.165) is 137 Å². The molecule has 12 rings (SSSR count). The van der Waals surface area contributed by atoms with Gasteiger partial charge in [0.15, 0.2) is 11.5 Å². The summed E-state index contributed by atoms with van der Waals surface area (Å²) in [7, 11) is 3.30. The van der Waals surface area contributed by atoms with Crippen LogP contribution in [-0.4, -0.2) is 91.6 Å². The second kappa shape index (κ2) is 35.7. The number of aromatic nitrogens is 9. The molecular weight excluding hydrogens is 1310 g/mol. The highest BCUT2D eigenvalue weighted by Crippen LogP contribution is 2.34. The summed E-state index contributed by atoms with van der Waals surface area (Å²) < 4.78 is 51.0. The summed E-state index contributed by atoms with van der Waals surface area (Å²) in [6.07, 6.45) is 9.09. The largest absolute Gasteiger partial charge is 0.497 e. The SMILES string of the molecule is COCc1onc(C)c1C.COc1ccc(-c2csc(-c3c(C)noc3C)n2)cc1.Cc1noc(C)c1C.Cc1noc(C)c1[N+](=O)[O-].Cc1noc(N)c1Br.Cc1noc(N2CCCCC2)c1Br.Cc1noc(N2CCCCC2)c1C.[C-]#[N+]c1conc1C. The van der Waals surface area contributed by atoms with Gasteiger partial charge in [0.05, 0.1) is 69.7 Å². The van der Waals surface area contributed by atoms with E-state index in [9.17, 15) is 10.1 Å². The molecule has 2 aliphatic rings. The minimum Gasteiger partial charge on any atom is -0.497 e. The molecule has 29 heteroatoms.